The molecule has 2 N–H and O–H groups in total. The van der Waals surface area contributed by atoms with Crippen LogP contribution in [-0.4, -0.2) is 25.8 Å². The molecule has 0 unspecified atom stereocenters. The number of aliphatic imine (C=N–C) groups is 1. The maximum absolute atomic E-state index is 13.8. The number of rotatable bonds is 6. The molecule has 0 aliphatic carbocycles. The average molecular weight is 553 g/mol. The van der Waals surface area contributed by atoms with E-state index >= 15 is 0 Å². The first-order valence-corrected chi connectivity index (χ1v) is 9.57. The molecule has 0 aromatic heterocycles. The molecule has 0 saturated heterocycles. The Balaban J connectivity index is 0.00000341. The highest BCUT2D eigenvalue weighted by Crippen LogP contribution is 2.30. The van der Waals surface area contributed by atoms with Gasteiger partial charge in [0, 0.05) is 18.7 Å². The Bertz CT molecular complexity index is 907. The number of alkyl halides is 3. The molecule has 0 spiro atoms. The number of nitrogens with one attached hydrogen (secondary N) is 2. The monoisotopic (exact) mass is 553 g/mol. The van der Waals surface area contributed by atoms with Crippen LogP contribution in [-0.2, 0) is 30.5 Å². The molecule has 0 saturated carbocycles. The van der Waals surface area contributed by atoms with Crippen LogP contribution in [0.1, 0.15) is 29.2 Å². The summed E-state index contributed by atoms with van der Waals surface area (Å²) in [5, 5.41) is 6.17. The van der Waals surface area contributed by atoms with Crippen LogP contribution in [0.3, 0.4) is 0 Å². The van der Waals surface area contributed by atoms with Gasteiger partial charge in [-0.05, 0) is 48.7 Å². The largest absolute Gasteiger partial charge is 0.467 e. The van der Waals surface area contributed by atoms with Gasteiger partial charge in [-0.2, -0.15) is 13.2 Å². The molecule has 1 aliphatic rings. The molecule has 5 nitrogen and oxygen atoms in total. The lowest BCUT2D eigenvalue weighted by molar-refractivity contribution is -0.137. The number of fused-ring (bicyclic) bond motifs is 1. The summed E-state index contributed by atoms with van der Waals surface area (Å²) in [7, 11) is 0. The molecule has 170 valence electrons. The van der Waals surface area contributed by atoms with Crippen molar-refractivity contribution < 1.29 is 27.0 Å². The molecule has 0 radical (unpaired) electrons. The average Bonchev–Trinajstić information content (AvgIpc) is 2.71. The maximum Gasteiger partial charge on any atom is 0.416 e. The van der Waals surface area contributed by atoms with Gasteiger partial charge in [0.15, 0.2) is 12.8 Å². The Labute approximate surface area is 195 Å². The van der Waals surface area contributed by atoms with Gasteiger partial charge < -0.3 is 20.1 Å². The normalized spacial score (nSPS) is 13.6. The van der Waals surface area contributed by atoms with Crippen LogP contribution in [0.15, 0.2) is 41.4 Å². The topological polar surface area (TPSA) is 54.9 Å². The fraction of sp³-hybridized carbons (Fsp3) is 0.381. The van der Waals surface area contributed by atoms with Gasteiger partial charge in [-0.3, -0.25) is 0 Å². The van der Waals surface area contributed by atoms with E-state index in [2.05, 4.69) is 15.6 Å². The van der Waals surface area contributed by atoms with E-state index in [9.17, 15) is 17.6 Å². The summed E-state index contributed by atoms with van der Waals surface area (Å²) in [4.78, 5) is 4.34. The summed E-state index contributed by atoms with van der Waals surface area (Å²) in [5.41, 5.74) is 1.14. The second kappa shape index (κ2) is 11.5. The van der Waals surface area contributed by atoms with Gasteiger partial charge in [0.25, 0.3) is 0 Å². The maximum atomic E-state index is 13.8. The molecule has 2 aromatic carbocycles. The molecule has 0 amide bonds. The number of nitrogens with zero attached hydrogens (tertiary/aromatic N) is 1. The Morgan fingerprint density at radius 3 is 2.71 bits per heavy atom. The standard InChI is InChI=1S/C21H23F4N3O2.HI/c1-2-26-20(28-11-14-4-3-5-17(8-14)21(23,24)25)27-7-6-15-9-18(22)10-16-12-29-13-30-19(15)16;/h3-5,8-10H,2,6-7,11-13H2,1H3,(H2,26,27,28);1H. The molecule has 0 fully saturated rings. The van der Waals surface area contributed by atoms with Crippen LogP contribution in [0.25, 0.3) is 0 Å². The van der Waals surface area contributed by atoms with Crippen LogP contribution >= 0.6 is 24.0 Å². The zero-order valence-electron chi connectivity index (χ0n) is 16.9. The zero-order chi connectivity index (χ0) is 21.6. The molecular formula is C21H24F4IN3O2. The predicted octanol–water partition coefficient (Wildman–Crippen LogP) is 4.63. The Morgan fingerprint density at radius 2 is 1.97 bits per heavy atom. The Morgan fingerprint density at radius 1 is 1.16 bits per heavy atom. The minimum absolute atomic E-state index is 0. The minimum atomic E-state index is -4.39. The second-order valence-corrected chi connectivity index (χ2v) is 6.73. The lowest BCUT2D eigenvalue weighted by Gasteiger charge is -2.21. The summed E-state index contributed by atoms with van der Waals surface area (Å²) in [5.74, 6) is 0.739. The molecule has 31 heavy (non-hydrogen) atoms. The summed E-state index contributed by atoms with van der Waals surface area (Å²) in [6, 6.07) is 7.91. The van der Waals surface area contributed by atoms with Crippen LogP contribution in [0.2, 0.25) is 0 Å². The zero-order valence-corrected chi connectivity index (χ0v) is 19.2. The fourth-order valence-corrected chi connectivity index (χ4v) is 3.12. The highest BCUT2D eigenvalue weighted by molar-refractivity contribution is 14.0. The van der Waals surface area contributed by atoms with Crippen molar-refractivity contribution in [2.75, 3.05) is 19.9 Å². The van der Waals surface area contributed by atoms with Gasteiger partial charge in [-0.25, -0.2) is 9.38 Å². The van der Waals surface area contributed by atoms with Gasteiger partial charge >= 0.3 is 6.18 Å². The van der Waals surface area contributed by atoms with E-state index in [0.717, 1.165) is 17.7 Å². The summed E-state index contributed by atoms with van der Waals surface area (Å²) in [6.45, 7) is 3.43. The smallest absolute Gasteiger partial charge is 0.416 e. The number of hydrogen-bond acceptors (Lipinski definition) is 3. The van der Waals surface area contributed by atoms with E-state index in [1.54, 1.807) is 6.07 Å². The van der Waals surface area contributed by atoms with E-state index in [1.807, 2.05) is 6.92 Å². The molecule has 1 heterocycles. The molecular weight excluding hydrogens is 529 g/mol. The van der Waals surface area contributed by atoms with Crippen LogP contribution in [0, 0.1) is 5.82 Å². The first kappa shape index (κ1) is 25.2. The number of guanidine groups is 1. The molecule has 2 aromatic rings. The van der Waals surface area contributed by atoms with Gasteiger partial charge in [-0.1, -0.05) is 12.1 Å². The summed E-state index contributed by atoms with van der Waals surface area (Å²) in [6.07, 6.45) is -3.91. The lowest BCUT2D eigenvalue weighted by Crippen LogP contribution is -2.38. The molecule has 1 aliphatic heterocycles. The first-order chi connectivity index (χ1) is 14.4. The summed E-state index contributed by atoms with van der Waals surface area (Å²) < 4.78 is 63.1. The third-order valence-electron chi connectivity index (χ3n) is 4.46. The molecule has 0 bridgehead atoms. The van der Waals surface area contributed by atoms with E-state index in [-0.39, 0.29) is 43.1 Å². The van der Waals surface area contributed by atoms with Crippen molar-refractivity contribution in [3.63, 3.8) is 0 Å². The summed E-state index contributed by atoms with van der Waals surface area (Å²) >= 11 is 0. The molecule has 0 atom stereocenters. The van der Waals surface area contributed by atoms with Crippen molar-refractivity contribution in [3.8, 4) is 5.75 Å². The third-order valence-corrected chi connectivity index (χ3v) is 4.46. The number of benzene rings is 2. The van der Waals surface area contributed by atoms with Crippen molar-refractivity contribution in [2.45, 2.75) is 32.7 Å². The second-order valence-electron chi connectivity index (χ2n) is 6.73. The highest BCUT2D eigenvalue weighted by atomic mass is 127. The van der Waals surface area contributed by atoms with Gasteiger partial charge in [-0.15, -0.1) is 24.0 Å². The van der Waals surface area contributed by atoms with Gasteiger partial charge in [0.2, 0.25) is 0 Å². The fourth-order valence-electron chi connectivity index (χ4n) is 3.12. The molecule has 3 rings (SSSR count). The van der Waals surface area contributed by atoms with Crippen LogP contribution < -0.4 is 15.4 Å². The van der Waals surface area contributed by atoms with Gasteiger partial charge in [0.05, 0.1) is 18.7 Å². The Kier molecular flexibility index (Phi) is 9.35. The van der Waals surface area contributed by atoms with Crippen molar-refractivity contribution in [2.24, 2.45) is 4.99 Å². The van der Waals surface area contributed by atoms with Crippen molar-refractivity contribution in [1.82, 2.24) is 10.6 Å². The van der Waals surface area contributed by atoms with E-state index < -0.39 is 11.7 Å². The number of hydrogen-bond donors (Lipinski definition) is 2. The third kappa shape index (κ3) is 7.23. The highest BCUT2D eigenvalue weighted by Gasteiger charge is 2.30. The van der Waals surface area contributed by atoms with Crippen molar-refractivity contribution >= 4 is 29.9 Å². The van der Waals surface area contributed by atoms with E-state index in [1.165, 1.54) is 18.2 Å². The van der Waals surface area contributed by atoms with Crippen LogP contribution in [0.4, 0.5) is 17.6 Å². The van der Waals surface area contributed by atoms with E-state index in [0.29, 0.717) is 49.0 Å². The Hall–Kier alpha value is -2.08. The SMILES string of the molecule is CCNC(=NCc1cccc(C(F)(F)F)c1)NCCc1cc(F)cc2c1OCOC2.I. The quantitative estimate of drug-likeness (QED) is 0.237. The predicted molar refractivity (Wildman–Crippen MR) is 120 cm³/mol. The number of halogens is 5. The van der Waals surface area contributed by atoms with Crippen molar-refractivity contribution in [1.29, 1.82) is 0 Å². The van der Waals surface area contributed by atoms with Crippen LogP contribution in [0.5, 0.6) is 5.75 Å². The minimum Gasteiger partial charge on any atom is -0.467 e. The van der Waals surface area contributed by atoms with Crippen molar-refractivity contribution in [3.05, 3.63) is 64.5 Å². The van der Waals surface area contributed by atoms with E-state index in [4.69, 9.17) is 9.47 Å². The van der Waals surface area contributed by atoms with Gasteiger partial charge in [0.1, 0.15) is 11.6 Å². The lowest BCUT2D eigenvalue weighted by atomic mass is 10.1. The number of ether oxygens (including phenoxy) is 2. The molecule has 10 heteroatoms. The first-order valence-electron chi connectivity index (χ1n) is 9.57.